The molecular formula is C28H29F3N8O. The van der Waals surface area contributed by atoms with Crippen LogP contribution in [0.25, 0.3) is 11.0 Å². The second-order valence-electron chi connectivity index (χ2n) is 9.81. The molecule has 1 aliphatic heterocycles. The summed E-state index contributed by atoms with van der Waals surface area (Å²) in [5, 5.41) is 5.98. The van der Waals surface area contributed by atoms with Crippen LogP contribution in [0.3, 0.4) is 0 Å². The average molecular weight is 551 g/mol. The fourth-order valence-electron chi connectivity index (χ4n) is 4.50. The third-order valence-corrected chi connectivity index (χ3v) is 6.83. The van der Waals surface area contributed by atoms with Gasteiger partial charge in [-0.15, -0.1) is 0 Å². The van der Waals surface area contributed by atoms with E-state index in [-0.39, 0.29) is 6.54 Å². The number of hydrogen-bond acceptors (Lipinski definition) is 8. The SMILES string of the molecule is Cc1ccc(C(=O)NCc2cccc(C(F)(F)F)c2)cc1Nc1ncnc2cnc(N3CCCN(C)CC3)nc12. The molecule has 208 valence electrons. The maximum atomic E-state index is 13.0. The van der Waals surface area contributed by atoms with Crippen LogP contribution in [0.2, 0.25) is 0 Å². The molecule has 5 rings (SSSR count). The number of benzene rings is 2. The molecule has 4 aromatic rings. The second kappa shape index (κ2) is 11.4. The molecule has 2 N–H and O–H groups in total. The van der Waals surface area contributed by atoms with Crippen molar-refractivity contribution in [2.45, 2.75) is 26.1 Å². The minimum Gasteiger partial charge on any atom is -0.348 e. The number of nitrogens with one attached hydrogen (secondary N) is 2. The number of carbonyl (C=O) groups is 1. The van der Waals surface area contributed by atoms with Gasteiger partial charge < -0.3 is 20.4 Å². The number of halogens is 3. The summed E-state index contributed by atoms with van der Waals surface area (Å²) in [4.78, 5) is 35.3. The Hall–Kier alpha value is -4.32. The lowest BCUT2D eigenvalue weighted by atomic mass is 10.1. The average Bonchev–Trinajstić information content (AvgIpc) is 3.17. The molecule has 1 aliphatic rings. The summed E-state index contributed by atoms with van der Waals surface area (Å²) in [5.74, 6) is 0.675. The van der Waals surface area contributed by atoms with Gasteiger partial charge in [0.2, 0.25) is 5.95 Å². The summed E-state index contributed by atoms with van der Waals surface area (Å²) >= 11 is 0. The Kier molecular flexibility index (Phi) is 7.78. The van der Waals surface area contributed by atoms with Crippen LogP contribution in [0.15, 0.2) is 55.0 Å². The van der Waals surface area contributed by atoms with Crippen molar-refractivity contribution >= 4 is 34.4 Å². The van der Waals surface area contributed by atoms with Gasteiger partial charge in [-0.1, -0.05) is 18.2 Å². The van der Waals surface area contributed by atoms with Crippen molar-refractivity contribution in [3.63, 3.8) is 0 Å². The summed E-state index contributed by atoms with van der Waals surface area (Å²) in [6.45, 7) is 5.45. The first kappa shape index (κ1) is 27.3. The summed E-state index contributed by atoms with van der Waals surface area (Å²) in [5.41, 5.74) is 2.60. The Balaban J connectivity index is 1.35. The second-order valence-corrected chi connectivity index (χ2v) is 9.81. The quantitative estimate of drug-likeness (QED) is 0.361. The molecule has 1 amide bonds. The largest absolute Gasteiger partial charge is 0.416 e. The fraction of sp³-hybridized carbons (Fsp3) is 0.321. The van der Waals surface area contributed by atoms with Gasteiger partial charge >= 0.3 is 6.18 Å². The van der Waals surface area contributed by atoms with E-state index in [0.29, 0.717) is 39.6 Å². The van der Waals surface area contributed by atoms with Crippen molar-refractivity contribution in [1.82, 2.24) is 30.2 Å². The molecule has 0 aliphatic carbocycles. The van der Waals surface area contributed by atoms with E-state index in [4.69, 9.17) is 4.98 Å². The van der Waals surface area contributed by atoms with Gasteiger partial charge in [-0.25, -0.2) is 19.9 Å². The molecule has 0 radical (unpaired) electrons. The first-order chi connectivity index (χ1) is 19.2. The van der Waals surface area contributed by atoms with E-state index >= 15 is 0 Å². The van der Waals surface area contributed by atoms with E-state index in [9.17, 15) is 18.0 Å². The van der Waals surface area contributed by atoms with Crippen LogP contribution in [0.1, 0.15) is 33.5 Å². The van der Waals surface area contributed by atoms with Gasteiger partial charge in [-0.2, -0.15) is 13.2 Å². The molecular weight excluding hydrogens is 521 g/mol. The summed E-state index contributed by atoms with van der Waals surface area (Å²) in [7, 11) is 2.10. The number of nitrogens with zero attached hydrogens (tertiary/aromatic N) is 6. The van der Waals surface area contributed by atoms with E-state index in [0.717, 1.165) is 50.3 Å². The maximum absolute atomic E-state index is 13.0. The molecule has 3 heterocycles. The lowest BCUT2D eigenvalue weighted by molar-refractivity contribution is -0.137. The molecule has 0 spiro atoms. The topological polar surface area (TPSA) is 99.2 Å². The number of fused-ring (bicyclic) bond motifs is 1. The third-order valence-electron chi connectivity index (χ3n) is 6.83. The van der Waals surface area contributed by atoms with Crippen molar-refractivity contribution in [2.75, 3.05) is 43.4 Å². The first-order valence-electron chi connectivity index (χ1n) is 12.9. The van der Waals surface area contributed by atoms with Crippen molar-refractivity contribution in [2.24, 2.45) is 0 Å². The van der Waals surface area contributed by atoms with Crippen molar-refractivity contribution in [3.05, 3.63) is 77.2 Å². The molecule has 0 saturated carbocycles. The molecule has 2 aromatic carbocycles. The molecule has 1 saturated heterocycles. The van der Waals surface area contributed by atoms with E-state index < -0.39 is 17.6 Å². The van der Waals surface area contributed by atoms with Crippen molar-refractivity contribution in [1.29, 1.82) is 0 Å². The minimum atomic E-state index is -4.45. The highest BCUT2D eigenvalue weighted by atomic mass is 19.4. The minimum absolute atomic E-state index is 0.0398. The molecule has 2 aromatic heterocycles. The number of aromatic nitrogens is 4. The Morgan fingerprint density at radius 3 is 2.70 bits per heavy atom. The van der Waals surface area contributed by atoms with Crippen LogP contribution in [0.5, 0.6) is 0 Å². The normalized spacial score (nSPS) is 14.7. The van der Waals surface area contributed by atoms with Crippen LogP contribution in [0.4, 0.5) is 30.6 Å². The third kappa shape index (κ3) is 6.28. The van der Waals surface area contributed by atoms with Crippen LogP contribution < -0.4 is 15.5 Å². The molecule has 9 nitrogen and oxygen atoms in total. The predicted octanol–water partition coefficient (Wildman–Crippen LogP) is 4.56. The van der Waals surface area contributed by atoms with E-state index in [1.165, 1.54) is 18.5 Å². The van der Waals surface area contributed by atoms with Gasteiger partial charge in [0, 0.05) is 37.4 Å². The van der Waals surface area contributed by atoms with Crippen LogP contribution in [0, 0.1) is 6.92 Å². The standard InChI is InChI=1S/C28H29F3N8O/c1-18-7-8-20(26(40)32-15-19-5-3-6-21(13-19)28(29,30)31)14-22(18)36-25-24-23(34-17-35-25)16-33-27(37-24)39-10-4-9-38(2)11-12-39/h3,5-8,13-14,16-17H,4,9-12,15H2,1-2H3,(H,32,40)(H,34,35,36). The highest BCUT2D eigenvalue weighted by Crippen LogP contribution is 2.30. The molecule has 12 heteroatoms. The lowest BCUT2D eigenvalue weighted by Crippen LogP contribution is -2.30. The van der Waals surface area contributed by atoms with Crippen LogP contribution >= 0.6 is 0 Å². The van der Waals surface area contributed by atoms with E-state index in [1.807, 2.05) is 6.92 Å². The summed E-state index contributed by atoms with van der Waals surface area (Å²) < 4.78 is 39.1. The van der Waals surface area contributed by atoms with Gasteiger partial charge in [-0.05, 0) is 62.3 Å². The zero-order valence-corrected chi connectivity index (χ0v) is 22.2. The van der Waals surface area contributed by atoms with Crippen molar-refractivity contribution in [3.8, 4) is 0 Å². The highest BCUT2D eigenvalue weighted by Gasteiger charge is 2.30. The number of likely N-dealkylation sites (N-methyl/N-ethyl adjacent to an activating group) is 1. The Labute approximate surface area is 229 Å². The van der Waals surface area contributed by atoms with Gasteiger partial charge in [-0.3, -0.25) is 4.79 Å². The number of amides is 1. The first-order valence-corrected chi connectivity index (χ1v) is 12.9. The van der Waals surface area contributed by atoms with Gasteiger partial charge in [0.25, 0.3) is 5.91 Å². The number of aryl methyl sites for hydroxylation is 1. The molecule has 1 fully saturated rings. The monoisotopic (exact) mass is 550 g/mol. The maximum Gasteiger partial charge on any atom is 0.416 e. The van der Waals surface area contributed by atoms with Gasteiger partial charge in [0.15, 0.2) is 5.82 Å². The van der Waals surface area contributed by atoms with E-state index in [1.54, 1.807) is 24.4 Å². The summed E-state index contributed by atoms with van der Waals surface area (Å²) in [6, 6.07) is 10.0. The number of hydrogen-bond donors (Lipinski definition) is 2. The van der Waals surface area contributed by atoms with Crippen molar-refractivity contribution < 1.29 is 18.0 Å². The smallest absolute Gasteiger partial charge is 0.348 e. The molecule has 40 heavy (non-hydrogen) atoms. The molecule has 0 atom stereocenters. The zero-order valence-electron chi connectivity index (χ0n) is 22.2. The number of carbonyl (C=O) groups excluding carboxylic acids is 1. The fourth-order valence-corrected chi connectivity index (χ4v) is 4.50. The summed E-state index contributed by atoms with van der Waals surface area (Å²) in [6.07, 6.45) is -0.326. The highest BCUT2D eigenvalue weighted by molar-refractivity contribution is 5.96. The number of rotatable bonds is 6. The van der Waals surface area contributed by atoms with Crippen LogP contribution in [-0.4, -0.2) is 64.0 Å². The lowest BCUT2D eigenvalue weighted by Gasteiger charge is -2.20. The Bertz CT molecular complexity index is 1530. The molecule has 0 bridgehead atoms. The van der Waals surface area contributed by atoms with Gasteiger partial charge in [0.1, 0.15) is 17.4 Å². The molecule has 0 unspecified atom stereocenters. The number of anilines is 3. The van der Waals surface area contributed by atoms with E-state index in [2.05, 4.69) is 42.4 Å². The van der Waals surface area contributed by atoms with Gasteiger partial charge in [0.05, 0.1) is 11.8 Å². The zero-order chi connectivity index (χ0) is 28.3. The number of alkyl halides is 3. The Morgan fingerprint density at radius 1 is 1.02 bits per heavy atom. The Morgan fingerprint density at radius 2 is 1.88 bits per heavy atom. The predicted molar refractivity (Wildman–Crippen MR) is 147 cm³/mol. The van der Waals surface area contributed by atoms with Crippen LogP contribution in [-0.2, 0) is 12.7 Å².